The fraction of sp³-hybridized carbons (Fsp3) is 0.857. The van der Waals surface area contributed by atoms with Crippen LogP contribution in [0.3, 0.4) is 0 Å². The fourth-order valence-corrected chi connectivity index (χ4v) is 4.43. The zero-order valence-electron chi connectivity index (χ0n) is 11.7. The first-order chi connectivity index (χ1) is 9.13. The number of alkyl halides is 2. The van der Waals surface area contributed by atoms with E-state index in [1.54, 1.807) is 0 Å². The highest BCUT2D eigenvalue weighted by Crippen LogP contribution is 2.43. The Morgan fingerprint density at radius 1 is 1.35 bits per heavy atom. The van der Waals surface area contributed by atoms with E-state index >= 15 is 0 Å². The smallest absolute Gasteiger partial charge is 0.270 e. The van der Waals surface area contributed by atoms with E-state index in [1.807, 2.05) is 0 Å². The van der Waals surface area contributed by atoms with Crippen molar-refractivity contribution in [1.29, 1.82) is 0 Å². The third-order valence-corrected chi connectivity index (χ3v) is 5.09. The number of rotatable bonds is 5. The second-order valence-electron chi connectivity index (χ2n) is 6.53. The number of fused-ring (bicyclic) bond motifs is 2. The summed E-state index contributed by atoms with van der Waals surface area (Å²) in [4.78, 5) is 0. The first kappa shape index (κ1) is 15.9. The lowest BCUT2D eigenvalue weighted by atomic mass is 9.69. The first-order valence-corrected chi connectivity index (χ1v) is 8.76. The monoisotopic (exact) mass is 308 g/mol. The van der Waals surface area contributed by atoms with Gasteiger partial charge in [-0.25, -0.2) is 8.78 Å². The molecule has 2 aliphatic carbocycles. The van der Waals surface area contributed by atoms with Gasteiger partial charge in [-0.2, -0.15) is 8.42 Å². The average Bonchev–Trinajstić information content (AvgIpc) is 2.21. The summed E-state index contributed by atoms with van der Waals surface area (Å²) in [7, 11) is -4.62. The molecule has 116 valence electrons. The van der Waals surface area contributed by atoms with E-state index in [9.17, 15) is 17.2 Å². The second kappa shape index (κ2) is 5.72. The van der Waals surface area contributed by atoms with E-state index in [4.69, 9.17) is 4.55 Å². The Labute approximate surface area is 119 Å². The summed E-state index contributed by atoms with van der Waals surface area (Å²) in [6.45, 7) is 2.19. The Balaban J connectivity index is 1.88. The lowest BCUT2D eigenvalue weighted by molar-refractivity contribution is 0.00688. The minimum absolute atomic E-state index is 0.222. The SMILES string of the molecule is CC1C=C2CC(CCC(F)(F)CS(=O)(=O)O)CC(C2)C1. The summed E-state index contributed by atoms with van der Waals surface area (Å²) in [6, 6.07) is 0. The van der Waals surface area contributed by atoms with Gasteiger partial charge >= 0.3 is 0 Å². The Bertz CT molecular complexity index is 485. The maximum absolute atomic E-state index is 13.5. The van der Waals surface area contributed by atoms with Crippen molar-refractivity contribution in [2.45, 2.75) is 51.4 Å². The van der Waals surface area contributed by atoms with E-state index in [0.717, 1.165) is 25.7 Å². The van der Waals surface area contributed by atoms with Crippen molar-refractivity contribution in [3.8, 4) is 0 Å². The third kappa shape index (κ3) is 4.81. The van der Waals surface area contributed by atoms with Crippen LogP contribution in [0.2, 0.25) is 0 Å². The van der Waals surface area contributed by atoms with Crippen molar-refractivity contribution in [1.82, 2.24) is 0 Å². The van der Waals surface area contributed by atoms with E-state index in [1.165, 1.54) is 5.57 Å². The highest BCUT2D eigenvalue weighted by molar-refractivity contribution is 7.85. The predicted molar refractivity (Wildman–Crippen MR) is 73.3 cm³/mol. The second-order valence-corrected chi connectivity index (χ2v) is 7.99. The van der Waals surface area contributed by atoms with Gasteiger partial charge in [0, 0.05) is 6.42 Å². The summed E-state index contributed by atoms with van der Waals surface area (Å²) >= 11 is 0. The van der Waals surface area contributed by atoms with Gasteiger partial charge in [-0.1, -0.05) is 18.6 Å². The number of hydrogen-bond acceptors (Lipinski definition) is 2. The number of halogens is 2. The molecular weight excluding hydrogens is 286 g/mol. The van der Waals surface area contributed by atoms with Crippen molar-refractivity contribution < 1.29 is 21.8 Å². The minimum atomic E-state index is -4.62. The highest BCUT2D eigenvalue weighted by Gasteiger charge is 2.37. The molecule has 20 heavy (non-hydrogen) atoms. The minimum Gasteiger partial charge on any atom is -0.285 e. The van der Waals surface area contributed by atoms with Crippen LogP contribution in [0.4, 0.5) is 8.78 Å². The van der Waals surface area contributed by atoms with E-state index in [2.05, 4.69) is 13.0 Å². The Morgan fingerprint density at radius 2 is 2.05 bits per heavy atom. The summed E-state index contributed by atoms with van der Waals surface area (Å²) in [5, 5.41) is 0. The normalized spacial score (nSPS) is 31.0. The Kier molecular flexibility index (Phi) is 4.54. The molecule has 1 saturated carbocycles. The van der Waals surface area contributed by atoms with Crippen LogP contribution in [-0.4, -0.2) is 24.6 Å². The molecule has 0 aliphatic heterocycles. The first-order valence-electron chi connectivity index (χ1n) is 7.15. The molecule has 2 rings (SSSR count). The molecular formula is C14H22F2O3S. The molecule has 2 bridgehead atoms. The zero-order valence-corrected chi connectivity index (χ0v) is 12.5. The van der Waals surface area contributed by atoms with Crippen LogP contribution in [0.25, 0.3) is 0 Å². The molecule has 0 amide bonds. The molecule has 3 unspecified atom stereocenters. The molecule has 1 N–H and O–H groups in total. The molecule has 0 saturated heterocycles. The van der Waals surface area contributed by atoms with Gasteiger partial charge in [-0.15, -0.1) is 0 Å². The molecule has 2 aliphatic rings. The van der Waals surface area contributed by atoms with Crippen LogP contribution >= 0.6 is 0 Å². The van der Waals surface area contributed by atoms with Gasteiger partial charge in [0.05, 0.1) is 0 Å². The summed E-state index contributed by atoms with van der Waals surface area (Å²) in [5.41, 5.74) is 1.38. The fourth-order valence-electron chi connectivity index (χ4n) is 3.75. The van der Waals surface area contributed by atoms with E-state index in [0.29, 0.717) is 18.3 Å². The van der Waals surface area contributed by atoms with Gasteiger partial charge in [0.1, 0.15) is 5.75 Å². The van der Waals surface area contributed by atoms with Gasteiger partial charge in [-0.05, 0) is 49.9 Å². The molecule has 3 atom stereocenters. The number of hydrogen-bond donors (Lipinski definition) is 1. The lowest BCUT2D eigenvalue weighted by Crippen LogP contribution is -2.29. The van der Waals surface area contributed by atoms with Gasteiger partial charge in [0.2, 0.25) is 0 Å². The quantitative estimate of drug-likeness (QED) is 0.623. The van der Waals surface area contributed by atoms with Crippen LogP contribution in [0, 0.1) is 17.8 Å². The van der Waals surface area contributed by atoms with Crippen LogP contribution in [0.5, 0.6) is 0 Å². The van der Waals surface area contributed by atoms with Gasteiger partial charge < -0.3 is 0 Å². The molecule has 6 heteroatoms. The van der Waals surface area contributed by atoms with Crippen LogP contribution < -0.4 is 0 Å². The molecule has 0 aromatic heterocycles. The zero-order chi connectivity index (χ0) is 15.0. The predicted octanol–water partition coefficient (Wildman–Crippen LogP) is 3.67. The maximum Gasteiger partial charge on any atom is 0.270 e. The van der Waals surface area contributed by atoms with Gasteiger partial charge in [0.15, 0.2) is 0 Å². The lowest BCUT2D eigenvalue weighted by Gasteiger charge is -2.36. The highest BCUT2D eigenvalue weighted by atomic mass is 32.2. The summed E-state index contributed by atoms with van der Waals surface area (Å²) in [6.07, 6.45) is 6.17. The van der Waals surface area contributed by atoms with Crippen molar-refractivity contribution in [2.24, 2.45) is 17.8 Å². The molecule has 0 aromatic carbocycles. The maximum atomic E-state index is 13.5. The van der Waals surface area contributed by atoms with E-state index < -0.39 is 28.2 Å². The average molecular weight is 308 g/mol. The molecule has 0 radical (unpaired) electrons. The summed E-state index contributed by atoms with van der Waals surface area (Å²) < 4.78 is 56.6. The van der Waals surface area contributed by atoms with Crippen LogP contribution in [-0.2, 0) is 10.1 Å². The molecule has 3 nitrogen and oxygen atoms in total. The molecule has 0 heterocycles. The standard InChI is InChI=1S/C14H22F2O3S/c1-10-4-12-6-11(7-13(5-10)8-12)2-3-14(15,16)9-20(17,18)19/h4,10-11,13H,2-3,5-9H2,1H3,(H,17,18,19). The summed E-state index contributed by atoms with van der Waals surface area (Å²) in [5.74, 6) is -3.39. The molecule has 1 fully saturated rings. The third-order valence-electron chi connectivity index (χ3n) is 4.31. The van der Waals surface area contributed by atoms with Crippen LogP contribution in [0.1, 0.15) is 45.4 Å². The Hall–Kier alpha value is -0.490. The van der Waals surface area contributed by atoms with Gasteiger partial charge in [0.25, 0.3) is 16.0 Å². The van der Waals surface area contributed by atoms with Crippen molar-refractivity contribution in [3.05, 3.63) is 11.6 Å². The number of allylic oxidation sites excluding steroid dienone is 2. The van der Waals surface area contributed by atoms with E-state index in [-0.39, 0.29) is 5.92 Å². The van der Waals surface area contributed by atoms with Crippen molar-refractivity contribution in [2.75, 3.05) is 5.75 Å². The Morgan fingerprint density at radius 3 is 2.65 bits per heavy atom. The molecule has 0 aromatic rings. The molecule has 0 spiro atoms. The van der Waals surface area contributed by atoms with Crippen molar-refractivity contribution >= 4 is 10.1 Å². The largest absolute Gasteiger partial charge is 0.285 e. The van der Waals surface area contributed by atoms with Gasteiger partial charge in [-0.3, -0.25) is 4.55 Å². The topological polar surface area (TPSA) is 54.4 Å². The van der Waals surface area contributed by atoms with Crippen LogP contribution in [0.15, 0.2) is 11.6 Å². The van der Waals surface area contributed by atoms with Crippen molar-refractivity contribution in [3.63, 3.8) is 0 Å².